The lowest BCUT2D eigenvalue weighted by atomic mass is 9.95. The van der Waals surface area contributed by atoms with Crippen molar-refractivity contribution in [1.82, 2.24) is 10.1 Å². The highest BCUT2D eigenvalue weighted by Crippen LogP contribution is 2.21. The topological polar surface area (TPSA) is 82.2 Å². The Hall–Kier alpha value is -1.29. The van der Waals surface area contributed by atoms with Crippen LogP contribution in [-0.2, 0) is 6.42 Å². The molecule has 0 fully saturated rings. The van der Waals surface area contributed by atoms with E-state index in [-0.39, 0.29) is 24.2 Å². The number of nitrogens with one attached hydrogen (secondary N) is 2. The number of ketones is 2. The smallest absolute Gasteiger partial charge is 0.202 e. The highest BCUT2D eigenvalue weighted by molar-refractivity contribution is 7.13. The Bertz CT molecular complexity index is 489. The van der Waals surface area contributed by atoms with E-state index >= 15 is 0 Å². The van der Waals surface area contributed by atoms with Crippen molar-refractivity contribution < 1.29 is 14.7 Å². The van der Waals surface area contributed by atoms with E-state index in [1.165, 1.54) is 12.2 Å². The van der Waals surface area contributed by atoms with Gasteiger partial charge in [0.15, 0.2) is 5.78 Å². The molecule has 2 unspecified atom stereocenters. The van der Waals surface area contributed by atoms with Crippen LogP contribution in [0.3, 0.4) is 0 Å². The van der Waals surface area contributed by atoms with Crippen LogP contribution in [0.15, 0.2) is 18.3 Å². The van der Waals surface area contributed by atoms with Gasteiger partial charge in [-0.3, -0.25) is 14.7 Å². The maximum atomic E-state index is 11.7. The van der Waals surface area contributed by atoms with Crippen molar-refractivity contribution >= 4 is 21.0 Å². The summed E-state index contributed by atoms with van der Waals surface area (Å²) >= 11 is 0. The van der Waals surface area contributed by atoms with Crippen LogP contribution in [0, 0.1) is 0 Å². The molecular formula is C11H13N2O3P. The number of carbonyl (C=O) groups is 2. The minimum atomic E-state index is -0.190. The van der Waals surface area contributed by atoms with Crippen LogP contribution in [0.5, 0.6) is 0 Å². The molecule has 0 aromatic carbocycles. The lowest BCUT2D eigenvalue weighted by molar-refractivity contribution is 0.0991. The molecule has 1 aliphatic carbocycles. The van der Waals surface area contributed by atoms with Crippen LogP contribution in [-0.4, -0.2) is 34.3 Å². The summed E-state index contributed by atoms with van der Waals surface area (Å²) in [6, 6.07) is -0.159. The van der Waals surface area contributed by atoms with Gasteiger partial charge in [-0.15, -0.1) is 0 Å². The second kappa shape index (κ2) is 4.92. The number of aliphatic hydroxyl groups excluding tert-OH is 1. The van der Waals surface area contributed by atoms with E-state index in [0.29, 0.717) is 17.7 Å². The maximum absolute atomic E-state index is 11.7. The lowest BCUT2D eigenvalue weighted by Gasteiger charge is -2.13. The molecule has 6 heteroatoms. The Morgan fingerprint density at radius 1 is 1.35 bits per heavy atom. The molecule has 0 aliphatic heterocycles. The normalized spacial score (nSPS) is 16.1. The standard InChI is InChI=1S/C11H13N2O3P/c14-5-7(13-17)3-6-4-12-11-9(16)2-1-8(15)10(6)11/h1-2,4,7,12-14H,3,5,17H2. The molecule has 1 heterocycles. The fourth-order valence-corrected chi connectivity index (χ4v) is 2.08. The molecule has 90 valence electrons. The van der Waals surface area contributed by atoms with Crippen LogP contribution < -0.4 is 5.09 Å². The van der Waals surface area contributed by atoms with Crippen LogP contribution in [0.25, 0.3) is 0 Å². The van der Waals surface area contributed by atoms with Gasteiger partial charge in [0, 0.05) is 12.2 Å². The van der Waals surface area contributed by atoms with Gasteiger partial charge >= 0.3 is 0 Å². The van der Waals surface area contributed by atoms with Crippen LogP contribution >= 0.6 is 9.39 Å². The molecule has 0 spiro atoms. The SMILES string of the molecule is O=C1C=CC(=O)c2c(CC(CO)NP)c[nH]c21. The van der Waals surface area contributed by atoms with Crippen molar-refractivity contribution in [2.45, 2.75) is 12.5 Å². The number of rotatable bonds is 4. The first kappa shape index (κ1) is 12.2. The van der Waals surface area contributed by atoms with E-state index in [9.17, 15) is 9.59 Å². The zero-order chi connectivity index (χ0) is 12.4. The fraction of sp³-hybridized carbons (Fsp3) is 0.273. The molecule has 3 N–H and O–H groups in total. The van der Waals surface area contributed by atoms with Crippen molar-refractivity contribution in [3.8, 4) is 0 Å². The monoisotopic (exact) mass is 252 g/mol. The van der Waals surface area contributed by atoms with Gasteiger partial charge in [0.25, 0.3) is 0 Å². The van der Waals surface area contributed by atoms with Gasteiger partial charge in [-0.1, -0.05) is 9.39 Å². The zero-order valence-electron chi connectivity index (χ0n) is 9.06. The molecule has 1 aliphatic rings. The summed E-state index contributed by atoms with van der Waals surface area (Å²) in [6.07, 6.45) is 4.68. The maximum Gasteiger partial charge on any atom is 0.202 e. The first-order valence-electron chi connectivity index (χ1n) is 5.21. The molecular weight excluding hydrogens is 239 g/mol. The summed E-state index contributed by atoms with van der Waals surface area (Å²) in [7, 11) is 2.33. The predicted molar refractivity (Wildman–Crippen MR) is 66.0 cm³/mol. The minimum Gasteiger partial charge on any atom is -0.395 e. The summed E-state index contributed by atoms with van der Waals surface area (Å²) in [5.74, 6) is -0.360. The second-order valence-corrected chi connectivity index (χ2v) is 4.21. The highest BCUT2D eigenvalue weighted by atomic mass is 31.0. The highest BCUT2D eigenvalue weighted by Gasteiger charge is 2.25. The van der Waals surface area contributed by atoms with Gasteiger partial charge in [-0.2, -0.15) is 0 Å². The molecule has 1 aromatic heterocycles. The summed E-state index contributed by atoms with van der Waals surface area (Å²) in [6.45, 7) is -0.0402. The molecule has 17 heavy (non-hydrogen) atoms. The first-order chi connectivity index (χ1) is 8.17. The lowest BCUT2D eigenvalue weighted by Crippen LogP contribution is -2.27. The van der Waals surface area contributed by atoms with E-state index < -0.39 is 0 Å². The molecule has 0 bridgehead atoms. The second-order valence-electron chi connectivity index (χ2n) is 3.88. The Kier molecular flexibility index (Phi) is 3.52. The first-order valence-corrected chi connectivity index (χ1v) is 5.79. The molecule has 0 saturated heterocycles. The number of carbonyl (C=O) groups excluding carboxylic acids is 2. The van der Waals surface area contributed by atoms with Crippen molar-refractivity contribution in [3.63, 3.8) is 0 Å². The van der Waals surface area contributed by atoms with Gasteiger partial charge in [0.05, 0.1) is 17.9 Å². The van der Waals surface area contributed by atoms with Gasteiger partial charge in [-0.25, -0.2) is 0 Å². The average molecular weight is 252 g/mol. The number of allylic oxidation sites excluding steroid dienone is 2. The van der Waals surface area contributed by atoms with Crippen molar-refractivity contribution in [1.29, 1.82) is 0 Å². The largest absolute Gasteiger partial charge is 0.395 e. The number of H-pyrrole nitrogens is 1. The van der Waals surface area contributed by atoms with Gasteiger partial charge < -0.3 is 10.1 Å². The number of hydrogen-bond donors (Lipinski definition) is 3. The third kappa shape index (κ3) is 2.22. The van der Waals surface area contributed by atoms with E-state index in [1.807, 2.05) is 0 Å². The van der Waals surface area contributed by atoms with Crippen molar-refractivity contribution in [3.05, 3.63) is 35.2 Å². The molecule has 2 rings (SSSR count). The summed E-state index contributed by atoms with van der Waals surface area (Å²) in [5, 5.41) is 12.0. The number of fused-ring (bicyclic) bond motifs is 1. The van der Waals surface area contributed by atoms with E-state index in [4.69, 9.17) is 5.11 Å². The molecule has 5 nitrogen and oxygen atoms in total. The van der Waals surface area contributed by atoms with Crippen molar-refractivity contribution in [2.24, 2.45) is 0 Å². The van der Waals surface area contributed by atoms with Gasteiger partial charge in [0.2, 0.25) is 5.78 Å². The number of aromatic nitrogens is 1. The summed E-state index contributed by atoms with van der Waals surface area (Å²) in [5.41, 5.74) is 1.51. The van der Waals surface area contributed by atoms with Crippen LogP contribution in [0.2, 0.25) is 0 Å². The quantitative estimate of drug-likeness (QED) is 0.670. The molecule has 0 saturated carbocycles. The average Bonchev–Trinajstić information content (AvgIpc) is 2.76. The zero-order valence-corrected chi connectivity index (χ0v) is 10.2. The minimum absolute atomic E-state index is 0.0402. The van der Waals surface area contributed by atoms with E-state index in [1.54, 1.807) is 6.20 Å². The van der Waals surface area contributed by atoms with Crippen LogP contribution in [0.4, 0.5) is 0 Å². The molecule has 0 amide bonds. The molecule has 1 aromatic rings. The third-order valence-electron chi connectivity index (χ3n) is 2.76. The Balaban J connectivity index is 2.33. The van der Waals surface area contributed by atoms with E-state index in [2.05, 4.69) is 19.5 Å². The summed E-state index contributed by atoms with van der Waals surface area (Å²) < 4.78 is 0. The molecule has 2 atom stereocenters. The number of hydrogen-bond acceptors (Lipinski definition) is 4. The van der Waals surface area contributed by atoms with Crippen molar-refractivity contribution in [2.75, 3.05) is 6.61 Å². The van der Waals surface area contributed by atoms with E-state index in [0.717, 1.165) is 5.56 Å². The Labute approximate surface area is 101 Å². The third-order valence-corrected chi connectivity index (χ3v) is 3.23. The van der Waals surface area contributed by atoms with Gasteiger partial charge in [0.1, 0.15) is 0 Å². The Morgan fingerprint density at radius 2 is 2.06 bits per heavy atom. The van der Waals surface area contributed by atoms with Crippen LogP contribution in [0.1, 0.15) is 26.4 Å². The van der Waals surface area contributed by atoms with Gasteiger partial charge in [-0.05, 0) is 24.1 Å². The Morgan fingerprint density at radius 3 is 2.71 bits per heavy atom. The number of aromatic amines is 1. The predicted octanol–water partition coefficient (Wildman–Crippen LogP) is 0.233. The number of aliphatic hydroxyl groups is 1. The fourth-order valence-electron chi connectivity index (χ4n) is 1.86. The summed E-state index contributed by atoms with van der Waals surface area (Å²) in [4.78, 5) is 26.1. The molecule has 0 radical (unpaired) electrons.